The SMILES string of the molecule is Cc1cc(C)nc(NCCN2CCCC2)n1. The van der Waals surface area contributed by atoms with Crippen LogP contribution in [0, 0.1) is 13.8 Å². The second-order valence-electron chi connectivity index (χ2n) is 4.45. The molecule has 0 saturated carbocycles. The zero-order valence-corrected chi connectivity index (χ0v) is 10.2. The number of rotatable bonds is 4. The summed E-state index contributed by atoms with van der Waals surface area (Å²) in [7, 11) is 0. The van der Waals surface area contributed by atoms with Gasteiger partial charge in [0.15, 0.2) is 0 Å². The topological polar surface area (TPSA) is 41.1 Å². The van der Waals surface area contributed by atoms with Crippen molar-refractivity contribution in [2.24, 2.45) is 0 Å². The minimum atomic E-state index is 0.761. The van der Waals surface area contributed by atoms with Crippen LogP contribution in [0.2, 0.25) is 0 Å². The van der Waals surface area contributed by atoms with Gasteiger partial charge in [0.05, 0.1) is 0 Å². The molecule has 1 aliphatic rings. The van der Waals surface area contributed by atoms with E-state index in [9.17, 15) is 0 Å². The summed E-state index contributed by atoms with van der Waals surface area (Å²) in [4.78, 5) is 11.2. The third kappa shape index (κ3) is 3.17. The van der Waals surface area contributed by atoms with Crippen molar-refractivity contribution in [1.29, 1.82) is 0 Å². The van der Waals surface area contributed by atoms with Gasteiger partial charge in [0.25, 0.3) is 0 Å². The van der Waals surface area contributed by atoms with Gasteiger partial charge >= 0.3 is 0 Å². The molecule has 0 amide bonds. The van der Waals surface area contributed by atoms with Crippen molar-refractivity contribution < 1.29 is 0 Å². The summed E-state index contributed by atoms with van der Waals surface area (Å²) in [6.45, 7) is 8.52. The van der Waals surface area contributed by atoms with Gasteiger partial charge in [0.2, 0.25) is 5.95 Å². The minimum absolute atomic E-state index is 0.761. The van der Waals surface area contributed by atoms with Gasteiger partial charge in [-0.1, -0.05) is 0 Å². The lowest BCUT2D eigenvalue weighted by Crippen LogP contribution is -2.26. The van der Waals surface area contributed by atoms with Crippen LogP contribution in [0.1, 0.15) is 24.2 Å². The Morgan fingerprint density at radius 2 is 1.81 bits per heavy atom. The summed E-state index contributed by atoms with van der Waals surface area (Å²) in [6.07, 6.45) is 2.69. The fraction of sp³-hybridized carbons (Fsp3) is 0.667. The smallest absolute Gasteiger partial charge is 0.223 e. The molecular formula is C12H20N4. The summed E-state index contributed by atoms with van der Waals surface area (Å²) < 4.78 is 0. The van der Waals surface area contributed by atoms with E-state index in [1.165, 1.54) is 25.9 Å². The number of hydrogen-bond donors (Lipinski definition) is 1. The second kappa shape index (κ2) is 5.25. The first-order valence-corrected chi connectivity index (χ1v) is 6.02. The highest BCUT2D eigenvalue weighted by molar-refractivity contribution is 5.27. The van der Waals surface area contributed by atoms with Crippen LogP contribution in [0.5, 0.6) is 0 Å². The van der Waals surface area contributed by atoms with Gasteiger partial charge in [-0.2, -0.15) is 0 Å². The highest BCUT2D eigenvalue weighted by Gasteiger charge is 2.10. The largest absolute Gasteiger partial charge is 0.353 e. The Bertz CT molecular complexity index is 325. The molecule has 88 valence electrons. The van der Waals surface area contributed by atoms with Gasteiger partial charge < -0.3 is 10.2 Å². The molecule has 4 heteroatoms. The number of likely N-dealkylation sites (tertiary alicyclic amines) is 1. The van der Waals surface area contributed by atoms with Crippen LogP contribution in [0.15, 0.2) is 6.07 Å². The van der Waals surface area contributed by atoms with Gasteiger partial charge in [0, 0.05) is 24.5 Å². The molecule has 2 rings (SSSR count). The van der Waals surface area contributed by atoms with Crippen molar-refractivity contribution in [3.05, 3.63) is 17.5 Å². The number of nitrogens with one attached hydrogen (secondary N) is 1. The number of anilines is 1. The summed E-state index contributed by atoms with van der Waals surface area (Å²) in [5, 5.41) is 3.29. The molecule has 0 unspecified atom stereocenters. The van der Waals surface area contributed by atoms with E-state index in [0.717, 1.165) is 30.4 Å². The van der Waals surface area contributed by atoms with Gasteiger partial charge in [-0.15, -0.1) is 0 Å². The lowest BCUT2D eigenvalue weighted by atomic mass is 10.4. The van der Waals surface area contributed by atoms with Crippen LogP contribution in [-0.4, -0.2) is 41.0 Å². The molecule has 1 saturated heterocycles. The molecule has 0 radical (unpaired) electrons. The van der Waals surface area contributed by atoms with Crippen LogP contribution in [-0.2, 0) is 0 Å². The number of aromatic nitrogens is 2. The van der Waals surface area contributed by atoms with Gasteiger partial charge in [-0.25, -0.2) is 9.97 Å². The van der Waals surface area contributed by atoms with Crippen molar-refractivity contribution in [2.75, 3.05) is 31.5 Å². The van der Waals surface area contributed by atoms with E-state index in [0.29, 0.717) is 0 Å². The monoisotopic (exact) mass is 220 g/mol. The van der Waals surface area contributed by atoms with E-state index >= 15 is 0 Å². The molecule has 0 bridgehead atoms. The Balaban J connectivity index is 1.80. The average molecular weight is 220 g/mol. The Kier molecular flexibility index (Phi) is 3.72. The minimum Gasteiger partial charge on any atom is -0.353 e. The third-order valence-corrected chi connectivity index (χ3v) is 2.89. The highest BCUT2D eigenvalue weighted by atomic mass is 15.2. The van der Waals surface area contributed by atoms with Crippen LogP contribution in [0.25, 0.3) is 0 Å². The maximum Gasteiger partial charge on any atom is 0.223 e. The summed E-state index contributed by atoms with van der Waals surface area (Å²) in [5.74, 6) is 0.761. The second-order valence-corrected chi connectivity index (χ2v) is 4.45. The van der Waals surface area contributed by atoms with Gasteiger partial charge in [-0.3, -0.25) is 0 Å². The molecular weight excluding hydrogens is 200 g/mol. The van der Waals surface area contributed by atoms with Crippen molar-refractivity contribution in [3.8, 4) is 0 Å². The Hall–Kier alpha value is -1.16. The Labute approximate surface area is 97.1 Å². The average Bonchev–Trinajstić information content (AvgIpc) is 2.69. The Morgan fingerprint density at radius 3 is 2.44 bits per heavy atom. The molecule has 1 aromatic heterocycles. The molecule has 0 atom stereocenters. The first-order chi connectivity index (χ1) is 7.74. The first-order valence-electron chi connectivity index (χ1n) is 6.02. The Morgan fingerprint density at radius 1 is 1.19 bits per heavy atom. The molecule has 16 heavy (non-hydrogen) atoms. The molecule has 0 aliphatic carbocycles. The normalized spacial score (nSPS) is 16.6. The van der Waals surface area contributed by atoms with E-state index in [2.05, 4.69) is 20.2 Å². The summed E-state index contributed by atoms with van der Waals surface area (Å²) in [5.41, 5.74) is 2.05. The number of aryl methyl sites for hydroxylation is 2. The fourth-order valence-corrected chi connectivity index (χ4v) is 2.14. The maximum atomic E-state index is 4.36. The zero-order chi connectivity index (χ0) is 11.4. The summed E-state index contributed by atoms with van der Waals surface area (Å²) >= 11 is 0. The van der Waals surface area contributed by atoms with E-state index < -0.39 is 0 Å². The number of nitrogens with zero attached hydrogens (tertiary/aromatic N) is 3. The maximum absolute atomic E-state index is 4.36. The molecule has 2 heterocycles. The van der Waals surface area contributed by atoms with Crippen molar-refractivity contribution in [3.63, 3.8) is 0 Å². The fourth-order valence-electron chi connectivity index (χ4n) is 2.14. The van der Waals surface area contributed by atoms with Crippen molar-refractivity contribution >= 4 is 5.95 Å². The van der Waals surface area contributed by atoms with Crippen LogP contribution >= 0.6 is 0 Å². The van der Waals surface area contributed by atoms with Crippen LogP contribution in [0.3, 0.4) is 0 Å². The zero-order valence-electron chi connectivity index (χ0n) is 10.2. The van der Waals surface area contributed by atoms with E-state index in [1.54, 1.807) is 0 Å². The van der Waals surface area contributed by atoms with Gasteiger partial charge in [-0.05, 0) is 45.8 Å². The lowest BCUT2D eigenvalue weighted by molar-refractivity contribution is 0.352. The number of hydrogen-bond acceptors (Lipinski definition) is 4. The van der Waals surface area contributed by atoms with Crippen molar-refractivity contribution in [1.82, 2.24) is 14.9 Å². The molecule has 1 N–H and O–H groups in total. The summed E-state index contributed by atoms with van der Waals surface area (Å²) in [6, 6.07) is 1.99. The highest BCUT2D eigenvalue weighted by Crippen LogP contribution is 2.07. The van der Waals surface area contributed by atoms with E-state index in [4.69, 9.17) is 0 Å². The van der Waals surface area contributed by atoms with Gasteiger partial charge in [0.1, 0.15) is 0 Å². The standard InChI is InChI=1S/C12H20N4/c1-10-9-11(2)15-12(14-10)13-5-8-16-6-3-4-7-16/h9H,3-8H2,1-2H3,(H,13,14,15). The predicted octanol–water partition coefficient (Wildman–Crippen LogP) is 1.60. The predicted molar refractivity (Wildman–Crippen MR) is 65.7 cm³/mol. The van der Waals surface area contributed by atoms with Crippen LogP contribution < -0.4 is 5.32 Å². The van der Waals surface area contributed by atoms with Crippen molar-refractivity contribution in [2.45, 2.75) is 26.7 Å². The molecule has 1 aromatic rings. The first kappa shape index (κ1) is 11.3. The third-order valence-electron chi connectivity index (χ3n) is 2.89. The molecule has 4 nitrogen and oxygen atoms in total. The molecule has 1 aliphatic heterocycles. The molecule has 1 fully saturated rings. The molecule has 0 aromatic carbocycles. The van der Waals surface area contributed by atoms with E-state index in [-0.39, 0.29) is 0 Å². The van der Waals surface area contributed by atoms with Crippen LogP contribution in [0.4, 0.5) is 5.95 Å². The van der Waals surface area contributed by atoms with E-state index in [1.807, 2.05) is 19.9 Å². The lowest BCUT2D eigenvalue weighted by Gasteiger charge is -2.14. The molecule has 0 spiro atoms. The quantitative estimate of drug-likeness (QED) is 0.837.